The molecule has 0 aromatic carbocycles. The molecule has 0 bridgehead atoms. The first-order chi connectivity index (χ1) is 7.88. The van der Waals surface area contributed by atoms with Gasteiger partial charge in [0.2, 0.25) is 0 Å². The molecule has 0 amide bonds. The lowest BCUT2D eigenvalue weighted by atomic mass is 9.70. The van der Waals surface area contributed by atoms with Crippen LogP contribution in [0.5, 0.6) is 0 Å². The molecule has 2 aliphatic heterocycles. The number of ether oxygens (including phenoxy) is 2. The van der Waals surface area contributed by atoms with Gasteiger partial charge in [-0.05, 0) is 37.5 Å². The fourth-order valence-electron chi connectivity index (χ4n) is 3.06. The fourth-order valence-corrected chi connectivity index (χ4v) is 3.06. The fraction of sp³-hybridized carbons (Fsp3) is 1.00. The third-order valence-electron chi connectivity index (χ3n) is 5.61. The highest BCUT2D eigenvalue weighted by atomic mass is 16.7. The van der Waals surface area contributed by atoms with Crippen LogP contribution in [0.15, 0.2) is 0 Å². The van der Waals surface area contributed by atoms with Gasteiger partial charge in [-0.15, -0.1) is 0 Å². The Balaban J connectivity index is 2.14. The Morgan fingerprint density at radius 3 is 1.33 bits per heavy atom. The van der Waals surface area contributed by atoms with Crippen LogP contribution in [0.4, 0.5) is 0 Å². The second kappa shape index (κ2) is 3.73. The number of fused-ring (bicyclic) bond motifs is 1. The van der Waals surface area contributed by atoms with Crippen molar-refractivity contribution >= 4 is 0 Å². The van der Waals surface area contributed by atoms with Crippen molar-refractivity contribution in [1.82, 2.24) is 0 Å². The molecule has 0 aromatic heterocycles. The number of rotatable bonds is 0. The molecular formula is C16H30O2. The largest absolute Gasteiger partial charge is 0.346 e. The van der Waals surface area contributed by atoms with E-state index < -0.39 is 0 Å². The van der Waals surface area contributed by atoms with E-state index in [4.69, 9.17) is 9.47 Å². The zero-order chi connectivity index (χ0) is 14.0. The van der Waals surface area contributed by atoms with Crippen molar-refractivity contribution in [3.8, 4) is 0 Å². The van der Waals surface area contributed by atoms with E-state index >= 15 is 0 Å². The third kappa shape index (κ3) is 2.02. The summed E-state index contributed by atoms with van der Waals surface area (Å²) in [6, 6.07) is 0. The molecule has 2 heteroatoms. The highest BCUT2D eigenvalue weighted by Gasteiger charge is 2.59. The van der Waals surface area contributed by atoms with Gasteiger partial charge in [-0.25, -0.2) is 0 Å². The first-order valence-electron chi connectivity index (χ1n) is 7.24. The molecule has 0 aromatic rings. The van der Waals surface area contributed by atoms with Crippen LogP contribution in [0.25, 0.3) is 0 Å². The molecule has 2 unspecified atom stereocenters. The summed E-state index contributed by atoms with van der Waals surface area (Å²) in [6.45, 7) is 18.0. The van der Waals surface area contributed by atoms with Crippen molar-refractivity contribution in [3.63, 3.8) is 0 Å². The van der Waals surface area contributed by atoms with Gasteiger partial charge in [-0.2, -0.15) is 0 Å². The Morgan fingerprint density at radius 2 is 1.11 bits per heavy atom. The highest BCUT2D eigenvalue weighted by molar-refractivity contribution is 5.04. The van der Waals surface area contributed by atoms with E-state index in [1.165, 1.54) is 0 Å². The van der Waals surface area contributed by atoms with Gasteiger partial charge in [0.15, 0.2) is 6.29 Å². The molecule has 4 atom stereocenters. The first-order valence-corrected chi connectivity index (χ1v) is 7.24. The smallest absolute Gasteiger partial charge is 0.162 e. The van der Waals surface area contributed by atoms with Crippen LogP contribution in [0.1, 0.15) is 68.2 Å². The summed E-state index contributed by atoms with van der Waals surface area (Å²) in [5.41, 5.74) is 0.223. The second-order valence-electron chi connectivity index (χ2n) is 8.73. The summed E-state index contributed by atoms with van der Waals surface area (Å²) >= 11 is 0. The van der Waals surface area contributed by atoms with Crippen molar-refractivity contribution in [2.75, 3.05) is 0 Å². The first kappa shape index (κ1) is 14.3. The molecular weight excluding hydrogens is 224 g/mol. The summed E-state index contributed by atoms with van der Waals surface area (Å²) in [7, 11) is 0. The second-order valence-corrected chi connectivity index (χ2v) is 8.73. The average molecular weight is 254 g/mol. The van der Waals surface area contributed by atoms with Gasteiger partial charge in [0.05, 0.1) is 11.2 Å². The van der Waals surface area contributed by atoms with Crippen molar-refractivity contribution in [1.29, 1.82) is 0 Å². The van der Waals surface area contributed by atoms with Crippen LogP contribution in [0.3, 0.4) is 0 Å². The Labute approximate surface area is 112 Å². The van der Waals surface area contributed by atoms with Gasteiger partial charge < -0.3 is 9.47 Å². The van der Waals surface area contributed by atoms with Crippen LogP contribution >= 0.6 is 0 Å². The maximum atomic E-state index is 6.31. The highest BCUT2D eigenvalue weighted by Crippen LogP contribution is 2.56. The summed E-state index contributed by atoms with van der Waals surface area (Å²) in [6.07, 6.45) is 2.23. The lowest BCUT2D eigenvalue weighted by Crippen LogP contribution is -2.44. The quantitative estimate of drug-likeness (QED) is 0.638. The maximum absolute atomic E-state index is 6.31. The lowest BCUT2D eigenvalue weighted by Gasteiger charge is -2.42. The van der Waals surface area contributed by atoms with Crippen molar-refractivity contribution in [3.05, 3.63) is 0 Å². The minimum absolute atomic E-state index is 0.00144. The molecule has 18 heavy (non-hydrogen) atoms. The number of hydrogen-bond acceptors (Lipinski definition) is 2. The van der Waals surface area contributed by atoms with Gasteiger partial charge in [-0.1, -0.05) is 41.5 Å². The molecule has 2 nitrogen and oxygen atoms in total. The van der Waals surface area contributed by atoms with Crippen molar-refractivity contribution in [2.45, 2.75) is 85.7 Å². The predicted octanol–water partition coefficient (Wildman–Crippen LogP) is 4.38. The minimum atomic E-state index is -0.0540. The standard InChI is InChI=1S/C16H30O2/c1-13(2,3)15(7)9-11-10-16(8,14(4,5)6)18-12(11)17-15/h11-12H,9-10H2,1-8H3/t11?,12?,15-,16+. The SMILES string of the molecule is CC(C)(C)[C@@]1(C)CC2C[C@@](C)(C(C)(C)C)OC2O1. The molecule has 0 N–H and O–H groups in total. The van der Waals surface area contributed by atoms with Gasteiger partial charge >= 0.3 is 0 Å². The van der Waals surface area contributed by atoms with Gasteiger partial charge in [0.1, 0.15) is 0 Å². The van der Waals surface area contributed by atoms with E-state index in [-0.39, 0.29) is 28.3 Å². The maximum Gasteiger partial charge on any atom is 0.162 e. The third-order valence-corrected chi connectivity index (χ3v) is 5.61. The normalized spacial score (nSPS) is 45.3. The summed E-state index contributed by atoms with van der Waals surface area (Å²) in [4.78, 5) is 0. The summed E-state index contributed by atoms with van der Waals surface area (Å²) in [5, 5.41) is 0. The van der Waals surface area contributed by atoms with Gasteiger partial charge in [0.25, 0.3) is 0 Å². The van der Waals surface area contributed by atoms with Gasteiger partial charge in [0, 0.05) is 5.92 Å². The van der Waals surface area contributed by atoms with Crippen LogP contribution in [-0.2, 0) is 9.47 Å². The molecule has 2 saturated heterocycles. The van der Waals surface area contributed by atoms with E-state index in [0.717, 1.165) is 12.8 Å². The number of hydrogen-bond donors (Lipinski definition) is 0. The molecule has 0 radical (unpaired) electrons. The Kier molecular flexibility index (Phi) is 2.97. The van der Waals surface area contributed by atoms with E-state index in [1.807, 2.05) is 0 Å². The molecule has 106 valence electrons. The van der Waals surface area contributed by atoms with E-state index in [0.29, 0.717) is 5.92 Å². The van der Waals surface area contributed by atoms with Crippen LogP contribution in [0.2, 0.25) is 0 Å². The molecule has 2 aliphatic rings. The van der Waals surface area contributed by atoms with E-state index in [9.17, 15) is 0 Å². The van der Waals surface area contributed by atoms with Crippen molar-refractivity contribution in [2.24, 2.45) is 16.7 Å². The molecule has 0 aliphatic carbocycles. The van der Waals surface area contributed by atoms with Crippen molar-refractivity contribution < 1.29 is 9.47 Å². The van der Waals surface area contributed by atoms with Crippen LogP contribution in [0, 0.1) is 16.7 Å². The molecule has 2 fully saturated rings. The Morgan fingerprint density at radius 1 is 0.778 bits per heavy atom. The zero-order valence-corrected chi connectivity index (χ0v) is 13.4. The predicted molar refractivity (Wildman–Crippen MR) is 74.4 cm³/mol. The molecule has 2 heterocycles. The average Bonchev–Trinajstić information content (AvgIpc) is 2.53. The Bertz CT molecular complexity index is 286. The van der Waals surface area contributed by atoms with E-state index in [2.05, 4.69) is 55.4 Å². The van der Waals surface area contributed by atoms with E-state index in [1.54, 1.807) is 0 Å². The molecule has 2 rings (SSSR count). The minimum Gasteiger partial charge on any atom is -0.346 e. The topological polar surface area (TPSA) is 18.5 Å². The van der Waals surface area contributed by atoms with Gasteiger partial charge in [-0.3, -0.25) is 0 Å². The van der Waals surface area contributed by atoms with Crippen LogP contribution in [-0.4, -0.2) is 17.5 Å². The zero-order valence-electron chi connectivity index (χ0n) is 13.4. The Hall–Kier alpha value is -0.0800. The summed E-state index contributed by atoms with van der Waals surface area (Å²) in [5.74, 6) is 0.554. The molecule has 0 saturated carbocycles. The van der Waals surface area contributed by atoms with Crippen LogP contribution < -0.4 is 0 Å². The molecule has 0 spiro atoms. The monoisotopic (exact) mass is 254 g/mol. The summed E-state index contributed by atoms with van der Waals surface area (Å²) < 4.78 is 12.6. The lowest BCUT2D eigenvalue weighted by molar-refractivity contribution is -0.232.